The van der Waals surface area contributed by atoms with Gasteiger partial charge in [0.25, 0.3) is 10.1 Å². The van der Waals surface area contributed by atoms with Gasteiger partial charge in [0, 0.05) is 0 Å². The number of amides is 1. The van der Waals surface area contributed by atoms with Gasteiger partial charge in [0.05, 0.1) is 6.10 Å². The van der Waals surface area contributed by atoms with E-state index in [1.54, 1.807) is 0 Å². The Hall–Kier alpha value is -0.370. The summed E-state index contributed by atoms with van der Waals surface area (Å²) in [7, 11) is -3.86. The fraction of sp³-hybridized carbons (Fsp3) is 0.875. The van der Waals surface area contributed by atoms with Gasteiger partial charge in [-0.15, -0.1) is 12.4 Å². The van der Waals surface area contributed by atoms with E-state index in [1.165, 1.54) is 6.92 Å². The summed E-state index contributed by atoms with van der Waals surface area (Å²) >= 11 is 0. The number of piperidine rings is 1. The van der Waals surface area contributed by atoms with Crippen LogP contribution in [0.15, 0.2) is 0 Å². The molecule has 0 saturated carbocycles. The zero-order valence-electron chi connectivity index (χ0n) is 9.01. The molecular formula is C8H17ClN2O4S. The van der Waals surface area contributed by atoms with Gasteiger partial charge in [-0.2, -0.15) is 8.42 Å². The topological polar surface area (TPSA) is 98.5 Å². The van der Waals surface area contributed by atoms with E-state index in [9.17, 15) is 13.2 Å². The van der Waals surface area contributed by atoms with Crippen LogP contribution in [-0.2, 0) is 19.1 Å². The molecule has 1 fully saturated rings. The smallest absolute Gasteiger partial charge is 0.279 e. The second-order valence-corrected chi connectivity index (χ2v) is 5.47. The average Bonchev–Trinajstić information content (AvgIpc) is 2.17. The van der Waals surface area contributed by atoms with Gasteiger partial charge < -0.3 is 11.1 Å². The first kappa shape index (κ1) is 15.6. The number of halogens is 1. The quantitative estimate of drug-likeness (QED) is 0.665. The molecule has 96 valence electrons. The molecule has 1 heterocycles. The zero-order chi connectivity index (χ0) is 11.5. The van der Waals surface area contributed by atoms with Gasteiger partial charge in [0.2, 0.25) is 5.91 Å². The number of hydrogen-bond donors (Lipinski definition) is 2. The van der Waals surface area contributed by atoms with Gasteiger partial charge in [-0.3, -0.25) is 8.98 Å². The standard InChI is InChI=1S/C8H16N2O4S.ClH/c1-6(8(9)11)15(12,13)14-7-2-4-10-5-3-7;/h6-7,10H,2-5H2,1H3,(H2,9,11);1H. The van der Waals surface area contributed by atoms with E-state index in [2.05, 4.69) is 5.32 Å². The summed E-state index contributed by atoms with van der Waals surface area (Å²) in [4.78, 5) is 10.7. The van der Waals surface area contributed by atoms with Crippen molar-refractivity contribution in [2.24, 2.45) is 5.73 Å². The Morgan fingerprint density at radius 1 is 1.44 bits per heavy atom. The minimum absolute atomic E-state index is 0. The molecule has 6 nitrogen and oxygen atoms in total. The highest BCUT2D eigenvalue weighted by molar-refractivity contribution is 7.88. The SMILES string of the molecule is CC(C(N)=O)S(=O)(=O)OC1CCNCC1.Cl. The van der Waals surface area contributed by atoms with Crippen molar-refractivity contribution in [1.29, 1.82) is 0 Å². The van der Waals surface area contributed by atoms with Crippen LogP contribution >= 0.6 is 12.4 Å². The first-order chi connectivity index (χ1) is 6.93. The molecule has 1 rings (SSSR count). The molecule has 1 saturated heterocycles. The predicted molar refractivity (Wildman–Crippen MR) is 61.8 cm³/mol. The lowest BCUT2D eigenvalue weighted by atomic mass is 10.1. The molecule has 8 heteroatoms. The maximum atomic E-state index is 11.5. The third-order valence-electron chi connectivity index (χ3n) is 2.39. The number of rotatable bonds is 4. The summed E-state index contributed by atoms with van der Waals surface area (Å²) in [5.41, 5.74) is 4.92. The molecular weight excluding hydrogens is 256 g/mol. The van der Waals surface area contributed by atoms with Gasteiger partial charge in [0.15, 0.2) is 5.25 Å². The summed E-state index contributed by atoms with van der Waals surface area (Å²) in [5, 5.41) is 1.80. The van der Waals surface area contributed by atoms with Crippen molar-refractivity contribution in [3.63, 3.8) is 0 Å². The van der Waals surface area contributed by atoms with Crippen LogP contribution < -0.4 is 11.1 Å². The number of carbonyl (C=O) groups is 1. The minimum Gasteiger partial charge on any atom is -0.368 e. The summed E-state index contributed by atoms with van der Waals surface area (Å²) in [5.74, 6) is -0.885. The second kappa shape index (κ2) is 6.39. The Kier molecular flexibility index (Phi) is 6.24. The van der Waals surface area contributed by atoms with Gasteiger partial charge in [-0.05, 0) is 32.9 Å². The molecule has 1 atom stereocenters. The molecule has 0 aromatic heterocycles. The highest BCUT2D eigenvalue weighted by atomic mass is 35.5. The van der Waals surface area contributed by atoms with Crippen LogP contribution in [0, 0.1) is 0 Å². The van der Waals surface area contributed by atoms with Crippen molar-refractivity contribution in [1.82, 2.24) is 5.32 Å². The lowest BCUT2D eigenvalue weighted by Gasteiger charge is -2.23. The second-order valence-electron chi connectivity index (χ2n) is 3.58. The van der Waals surface area contributed by atoms with E-state index >= 15 is 0 Å². The third-order valence-corrected chi connectivity index (χ3v) is 4.03. The first-order valence-electron chi connectivity index (χ1n) is 4.85. The fourth-order valence-electron chi connectivity index (χ4n) is 1.31. The van der Waals surface area contributed by atoms with E-state index < -0.39 is 21.3 Å². The largest absolute Gasteiger partial charge is 0.368 e. The maximum Gasteiger partial charge on any atom is 0.279 e. The average molecular weight is 273 g/mol. The summed E-state index contributed by atoms with van der Waals surface area (Å²) in [6.07, 6.45) is 0.924. The molecule has 3 N–H and O–H groups in total. The fourth-order valence-corrected chi connectivity index (χ4v) is 2.33. The number of primary amides is 1. The summed E-state index contributed by atoms with van der Waals surface area (Å²) in [6.45, 7) is 2.69. The highest BCUT2D eigenvalue weighted by Gasteiger charge is 2.30. The van der Waals surface area contributed by atoms with Crippen molar-refractivity contribution >= 4 is 28.4 Å². The third kappa shape index (κ3) is 4.25. The van der Waals surface area contributed by atoms with E-state index in [0.29, 0.717) is 12.8 Å². The zero-order valence-corrected chi connectivity index (χ0v) is 10.6. The first-order valence-corrected chi connectivity index (χ1v) is 6.33. The van der Waals surface area contributed by atoms with Crippen molar-refractivity contribution in [3.8, 4) is 0 Å². The normalized spacial score (nSPS) is 19.8. The number of nitrogens with two attached hydrogens (primary N) is 1. The van der Waals surface area contributed by atoms with Gasteiger partial charge in [-0.25, -0.2) is 0 Å². The molecule has 0 radical (unpaired) electrons. The molecule has 1 unspecified atom stereocenters. The Balaban J connectivity index is 0.00000225. The molecule has 0 aromatic carbocycles. The van der Waals surface area contributed by atoms with Crippen LogP contribution in [0.25, 0.3) is 0 Å². The predicted octanol–water partition coefficient (Wildman–Crippen LogP) is -0.620. The highest BCUT2D eigenvalue weighted by Crippen LogP contribution is 2.14. The summed E-state index contributed by atoms with van der Waals surface area (Å²) < 4.78 is 27.9. The van der Waals surface area contributed by atoms with Crippen molar-refractivity contribution in [2.75, 3.05) is 13.1 Å². The number of nitrogens with one attached hydrogen (secondary N) is 1. The van der Waals surface area contributed by atoms with Crippen LogP contribution in [-0.4, -0.2) is 38.8 Å². The summed E-state index contributed by atoms with van der Waals surface area (Å²) in [6, 6.07) is 0. The lowest BCUT2D eigenvalue weighted by Crippen LogP contribution is -2.39. The van der Waals surface area contributed by atoms with Gasteiger partial charge >= 0.3 is 0 Å². The Morgan fingerprint density at radius 2 is 1.94 bits per heavy atom. The molecule has 0 aliphatic carbocycles. The molecule has 0 aromatic rings. The van der Waals surface area contributed by atoms with Crippen LogP contribution in [0.5, 0.6) is 0 Å². The molecule has 1 aliphatic rings. The van der Waals surface area contributed by atoms with E-state index in [-0.39, 0.29) is 18.5 Å². The number of hydrogen-bond acceptors (Lipinski definition) is 5. The van der Waals surface area contributed by atoms with Crippen LogP contribution in [0.1, 0.15) is 19.8 Å². The molecule has 16 heavy (non-hydrogen) atoms. The van der Waals surface area contributed by atoms with Crippen LogP contribution in [0.2, 0.25) is 0 Å². The maximum absolute atomic E-state index is 11.5. The van der Waals surface area contributed by atoms with Crippen LogP contribution in [0.3, 0.4) is 0 Å². The Labute approximate surface area is 101 Å². The van der Waals surface area contributed by atoms with Gasteiger partial charge in [0.1, 0.15) is 0 Å². The van der Waals surface area contributed by atoms with Crippen molar-refractivity contribution in [3.05, 3.63) is 0 Å². The van der Waals surface area contributed by atoms with E-state index in [1.807, 2.05) is 0 Å². The van der Waals surface area contributed by atoms with Crippen molar-refractivity contribution < 1.29 is 17.4 Å². The molecule has 1 amide bonds. The lowest BCUT2D eigenvalue weighted by molar-refractivity contribution is -0.117. The molecule has 0 bridgehead atoms. The Morgan fingerprint density at radius 3 is 2.38 bits per heavy atom. The number of carbonyl (C=O) groups excluding carboxylic acids is 1. The minimum atomic E-state index is -3.86. The van der Waals surface area contributed by atoms with Crippen molar-refractivity contribution in [2.45, 2.75) is 31.1 Å². The van der Waals surface area contributed by atoms with E-state index in [0.717, 1.165) is 13.1 Å². The van der Waals surface area contributed by atoms with E-state index in [4.69, 9.17) is 9.92 Å². The Bertz CT molecular complexity index is 327. The van der Waals surface area contributed by atoms with Gasteiger partial charge in [-0.1, -0.05) is 0 Å². The molecule has 0 spiro atoms. The monoisotopic (exact) mass is 272 g/mol. The van der Waals surface area contributed by atoms with Crippen LogP contribution in [0.4, 0.5) is 0 Å². The molecule has 1 aliphatic heterocycles.